The molecular formula is C18H19F3N6O. The SMILES string of the molecule is Cc1cc(N2CCC(Cn3cnc(C(F)(F)F)cc3=O)CC2)n2nccc2n1. The van der Waals surface area contributed by atoms with Gasteiger partial charge in [0, 0.05) is 43.5 Å². The van der Waals surface area contributed by atoms with Gasteiger partial charge in [-0.1, -0.05) is 0 Å². The fourth-order valence-electron chi connectivity index (χ4n) is 3.58. The van der Waals surface area contributed by atoms with Gasteiger partial charge in [-0.2, -0.15) is 22.8 Å². The smallest absolute Gasteiger partial charge is 0.356 e. The zero-order valence-corrected chi connectivity index (χ0v) is 15.2. The Bertz CT molecular complexity index is 1050. The third-order valence-corrected chi connectivity index (χ3v) is 5.03. The first-order valence-corrected chi connectivity index (χ1v) is 9.01. The maximum absolute atomic E-state index is 12.7. The Morgan fingerprint density at radius 3 is 2.64 bits per heavy atom. The highest BCUT2D eigenvalue weighted by Gasteiger charge is 2.33. The van der Waals surface area contributed by atoms with Gasteiger partial charge < -0.3 is 4.90 Å². The highest BCUT2D eigenvalue weighted by atomic mass is 19.4. The molecule has 1 aliphatic heterocycles. The number of fused-ring (bicyclic) bond motifs is 1. The maximum atomic E-state index is 12.7. The van der Waals surface area contributed by atoms with E-state index in [1.54, 1.807) is 10.7 Å². The van der Waals surface area contributed by atoms with Gasteiger partial charge in [-0.25, -0.2) is 9.97 Å². The first-order valence-electron chi connectivity index (χ1n) is 9.01. The fraction of sp³-hybridized carbons (Fsp3) is 0.444. The van der Waals surface area contributed by atoms with E-state index in [2.05, 4.69) is 20.0 Å². The van der Waals surface area contributed by atoms with Crippen molar-refractivity contribution >= 4 is 11.5 Å². The minimum atomic E-state index is -4.61. The molecule has 7 nitrogen and oxygen atoms in total. The summed E-state index contributed by atoms with van der Waals surface area (Å²) in [6.07, 6.45) is -0.266. The summed E-state index contributed by atoms with van der Waals surface area (Å²) in [7, 11) is 0. The zero-order valence-electron chi connectivity index (χ0n) is 15.2. The predicted molar refractivity (Wildman–Crippen MR) is 96.2 cm³/mol. The van der Waals surface area contributed by atoms with Crippen LogP contribution in [0.3, 0.4) is 0 Å². The van der Waals surface area contributed by atoms with Crippen LogP contribution in [-0.2, 0) is 12.7 Å². The number of aryl methyl sites for hydroxylation is 1. The number of rotatable bonds is 3. The lowest BCUT2D eigenvalue weighted by atomic mass is 9.96. The monoisotopic (exact) mass is 392 g/mol. The number of piperidine rings is 1. The maximum Gasteiger partial charge on any atom is 0.433 e. The molecule has 0 aromatic carbocycles. The van der Waals surface area contributed by atoms with Crippen molar-refractivity contribution < 1.29 is 13.2 Å². The third-order valence-electron chi connectivity index (χ3n) is 5.03. The van der Waals surface area contributed by atoms with E-state index in [1.165, 1.54) is 4.57 Å². The third kappa shape index (κ3) is 3.58. The molecule has 1 aliphatic rings. The Morgan fingerprint density at radius 1 is 1.21 bits per heavy atom. The molecule has 10 heteroatoms. The predicted octanol–water partition coefficient (Wildman–Crippen LogP) is 2.53. The van der Waals surface area contributed by atoms with E-state index in [9.17, 15) is 18.0 Å². The van der Waals surface area contributed by atoms with Crippen molar-refractivity contribution in [1.82, 2.24) is 24.1 Å². The quantitative estimate of drug-likeness (QED) is 0.685. The molecule has 1 saturated heterocycles. The summed E-state index contributed by atoms with van der Waals surface area (Å²) in [5.41, 5.74) is -0.125. The topological polar surface area (TPSA) is 68.3 Å². The van der Waals surface area contributed by atoms with Crippen molar-refractivity contribution in [1.29, 1.82) is 0 Å². The van der Waals surface area contributed by atoms with Crippen LogP contribution in [0.25, 0.3) is 5.65 Å². The minimum absolute atomic E-state index is 0.198. The molecule has 0 radical (unpaired) electrons. The van der Waals surface area contributed by atoms with Crippen molar-refractivity contribution in [2.45, 2.75) is 32.5 Å². The Labute approximate surface area is 158 Å². The number of anilines is 1. The first-order chi connectivity index (χ1) is 13.3. The van der Waals surface area contributed by atoms with Gasteiger partial charge in [0.15, 0.2) is 11.3 Å². The second kappa shape index (κ2) is 6.92. The van der Waals surface area contributed by atoms with Gasteiger partial charge in [0.05, 0.1) is 12.5 Å². The van der Waals surface area contributed by atoms with E-state index in [-0.39, 0.29) is 5.92 Å². The Balaban J connectivity index is 1.45. The highest BCUT2D eigenvalue weighted by Crippen LogP contribution is 2.27. The van der Waals surface area contributed by atoms with Crippen LogP contribution in [0.1, 0.15) is 24.2 Å². The highest BCUT2D eigenvalue weighted by molar-refractivity contribution is 5.50. The number of aromatic nitrogens is 5. The van der Waals surface area contributed by atoms with Gasteiger partial charge in [-0.15, -0.1) is 0 Å². The summed E-state index contributed by atoms with van der Waals surface area (Å²) < 4.78 is 41.0. The Hall–Kier alpha value is -2.91. The largest absolute Gasteiger partial charge is 0.433 e. The summed E-state index contributed by atoms with van der Waals surface area (Å²) in [5.74, 6) is 1.17. The summed E-state index contributed by atoms with van der Waals surface area (Å²) in [4.78, 5) is 22.0. The number of hydrogen-bond donors (Lipinski definition) is 0. The van der Waals surface area contributed by atoms with Crippen LogP contribution < -0.4 is 10.5 Å². The minimum Gasteiger partial charge on any atom is -0.356 e. The second-order valence-corrected chi connectivity index (χ2v) is 7.05. The molecule has 3 aromatic heterocycles. The lowest BCUT2D eigenvalue weighted by Gasteiger charge is -2.33. The van der Waals surface area contributed by atoms with Crippen LogP contribution >= 0.6 is 0 Å². The molecule has 148 valence electrons. The molecule has 0 saturated carbocycles. The van der Waals surface area contributed by atoms with E-state index in [1.807, 2.05) is 19.1 Å². The zero-order chi connectivity index (χ0) is 19.9. The van der Waals surface area contributed by atoms with Crippen LogP contribution in [0, 0.1) is 12.8 Å². The van der Waals surface area contributed by atoms with Crippen molar-refractivity contribution in [3.63, 3.8) is 0 Å². The lowest BCUT2D eigenvalue weighted by molar-refractivity contribution is -0.141. The van der Waals surface area contributed by atoms with E-state index >= 15 is 0 Å². The van der Waals surface area contributed by atoms with Crippen molar-refractivity contribution in [3.8, 4) is 0 Å². The summed E-state index contributed by atoms with van der Waals surface area (Å²) in [6, 6.07) is 4.40. The molecule has 0 spiro atoms. The Kier molecular flexibility index (Phi) is 4.56. The van der Waals surface area contributed by atoms with Gasteiger partial charge in [0.2, 0.25) is 0 Å². The average Bonchev–Trinajstić information content (AvgIpc) is 3.11. The average molecular weight is 392 g/mol. The summed E-state index contributed by atoms with van der Waals surface area (Å²) in [6.45, 7) is 3.84. The van der Waals surface area contributed by atoms with Crippen LogP contribution in [0.4, 0.5) is 19.0 Å². The summed E-state index contributed by atoms with van der Waals surface area (Å²) in [5, 5.41) is 4.33. The molecule has 0 bridgehead atoms. The number of hydrogen-bond acceptors (Lipinski definition) is 5. The molecule has 0 unspecified atom stereocenters. The van der Waals surface area contributed by atoms with Crippen molar-refractivity contribution in [2.75, 3.05) is 18.0 Å². The van der Waals surface area contributed by atoms with Crippen molar-refractivity contribution in [2.24, 2.45) is 5.92 Å². The van der Waals surface area contributed by atoms with Crippen LogP contribution in [-0.4, -0.2) is 37.2 Å². The molecule has 0 atom stereocenters. The van der Waals surface area contributed by atoms with Crippen molar-refractivity contribution in [3.05, 3.63) is 52.5 Å². The van der Waals surface area contributed by atoms with E-state index in [4.69, 9.17) is 0 Å². The summed E-state index contributed by atoms with van der Waals surface area (Å²) >= 11 is 0. The van der Waals surface area contributed by atoms with E-state index in [0.29, 0.717) is 12.6 Å². The van der Waals surface area contributed by atoms with Gasteiger partial charge in [0.25, 0.3) is 5.56 Å². The molecule has 1 fully saturated rings. The lowest BCUT2D eigenvalue weighted by Crippen LogP contribution is -2.37. The number of alkyl halides is 3. The molecule has 0 aliphatic carbocycles. The normalized spacial score (nSPS) is 16.1. The van der Waals surface area contributed by atoms with Gasteiger partial charge >= 0.3 is 6.18 Å². The van der Waals surface area contributed by atoms with Crippen LogP contribution in [0.2, 0.25) is 0 Å². The molecule has 4 heterocycles. The standard InChI is InChI=1S/C18H19F3N6O/c1-12-8-16(27-15(24-12)2-5-23-27)25-6-3-13(4-7-25)10-26-11-22-14(9-17(26)28)18(19,20)21/h2,5,8-9,11,13H,3-4,6-7,10H2,1H3. The van der Waals surface area contributed by atoms with E-state index < -0.39 is 17.4 Å². The first kappa shape index (κ1) is 18.5. The molecule has 0 N–H and O–H groups in total. The molecule has 28 heavy (non-hydrogen) atoms. The molecular weight excluding hydrogens is 373 g/mol. The molecule has 4 rings (SSSR count). The van der Waals surface area contributed by atoms with Gasteiger partial charge in [0.1, 0.15) is 5.82 Å². The van der Waals surface area contributed by atoms with Crippen LogP contribution in [0.15, 0.2) is 35.5 Å². The molecule has 3 aromatic rings. The fourth-order valence-corrected chi connectivity index (χ4v) is 3.58. The van der Waals surface area contributed by atoms with Crippen LogP contribution in [0.5, 0.6) is 0 Å². The molecule has 0 amide bonds. The van der Waals surface area contributed by atoms with E-state index in [0.717, 1.165) is 49.4 Å². The number of nitrogens with zero attached hydrogens (tertiary/aromatic N) is 6. The number of halogens is 3. The van der Waals surface area contributed by atoms with Gasteiger partial charge in [-0.3, -0.25) is 9.36 Å². The van der Waals surface area contributed by atoms with Gasteiger partial charge in [-0.05, 0) is 25.7 Å². The second-order valence-electron chi connectivity index (χ2n) is 7.05. The Morgan fingerprint density at radius 2 is 1.96 bits per heavy atom.